The summed E-state index contributed by atoms with van der Waals surface area (Å²) in [6.07, 6.45) is -1.51. The van der Waals surface area contributed by atoms with E-state index in [9.17, 15) is 13.2 Å². The normalized spacial score (nSPS) is 17.9. The van der Waals surface area contributed by atoms with Crippen LogP contribution in [0.4, 0.5) is 19.0 Å². The van der Waals surface area contributed by atoms with E-state index < -0.39 is 11.7 Å². The van der Waals surface area contributed by atoms with Crippen LogP contribution < -0.4 is 5.73 Å². The standard InChI is InChI=1S/C12H13F3N4/c1-6(7-2-3-7)9-4-10(16)19-11(18-9)8(5-17-19)12(13,14)15/h4-7H,2-3,16H2,1H3. The number of hydrogen-bond donors (Lipinski definition) is 1. The van der Waals surface area contributed by atoms with Crippen molar-refractivity contribution in [2.24, 2.45) is 5.92 Å². The molecular formula is C12H13F3N4. The first-order valence-electron chi connectivity index (χ1n) is 6.09. The van der Waals surface area contributed by atoms with Crippen LogP contribution >= 0.6 is 0 Å². The summed E-state index contributed by atoms with van der Waals surface area (Å²) in [4.78, 5) is 4.12. The zero-order valence-electron chi connectivity index (χ0n) is 10.3. The Kier molecular flexibility index (Phi) is 2.48. The Morgan fingerprint density at radius 2 is 2.11 bits per heavy atom. The Morgan fingerprint density at radius 3 is 2.68 bits per heavy atom. The topological polar surface area (TPSA) is 56.2 Å². The van der Waals surface area contributed by atoms with Crippen LogP contribution in [0.25, 0.3) is 5.65 Å². The molecule has 2 aromatic heterocycles. The molecule has 1 aliphatic carbocycles. The highest BCUT2D eigenvalue weighted by molar-refractivity contribution is 5.54. The third-order valence-electron chi connectivity index (χ3n) is 3.62. The zero-order chi connectivity index (χ0) is 13.8. The fourth-order valence-corrected chi connectivity index (χ4v) is 2.28. The third-order valence-corrected chi connectivity index (χ3v) is 3.62. The molecule has 4 nitrogen and oxygen atoms in total. The molecule has 3 rings (SSSR count). The summed E-state index contributed by atoms with van der Waals surface area (Å²) < 4.78 is 39.6. The van der Waals surface area contributed by atoms with Gasteiger partial charge in [0.1, 0.15) is 11.4 Å². The van der Waals surface area contributed by atoms with Gasteiger partial charge in [0.2, 0.25) is 0 Å². The smallest absolute Gasteiger partial charge is 0.384 e. The average molecular weight is 270 g/mol. The molecule has 0 saturated heterocycles. The van der Waals surface area contributed by atoms with Crippen LogP contribution in [0.5, 0.6) is 0 Å². The Balaban J connectivity index is 2.16. The maximum absolute atomic E-state index is 12.9. The molecule has 0 bridgehead atoms. The summed E-state index contributed by atoms with van der Waals surface area (Å²) in [5.41, 5.74) is 5.32. The van der Waals surface area contributed by atoms with Gasteiger partial charge in [-0.15, -0.1) is 0 Å². The van der Waals surface area contributed by atoms with Gasteiger partial charge in [-0.2, -0.15) is 22.8 Å². The van der Waals surface area contributed by atoms with E-state index >= 15 is 0 Å². The van der Waals surface area contributed by atoms with E-state index in [2.05, 4.69) is 10.1 Å². The molecule has 102 valence electrons. The molecule has 1 aliphatic rings. The summed E-state index contributed by atoms with van der Waals surface area (Å²) in [5.74, 6) is 0.817. The first kappa shape index (κ1) is 12.3. The number of nitrogen functional groups attached to an aromatic ring is 1. The second-order valence-electron chi connectivity index (χ2n) is 5.02. The second kappa shape index (κ2) is 3.85. The van der Waals surface area contributed by atoms with E-state index in [0.29, 0.717) is 11.6 Å². The van der Waals surface area contributed by atoms with Crippen molar-refractivity contribution in [2.75, 3.05) is 5.73 Å². The van der Waals surface area contributed by atoms with Crippen LogP contribution in [0.2, 0.25) is 0 Å². The van der Waals surface area contributed by atoms with Crippen molar-refractivity contribution in [2.45, 2.75) is 31.9 Å². The lowest BCUT2D eigenvalue weighted by Gasteiger charge is -2.12. The van der Waals surface area contributed by atoms with Crippen molar-refractivity contribution >= 4 is 11.5 Å². The number of nitrogens with zero attached hydrogens (tertiary/aromatic N) is 3. The van der Waals surface area contributed by atoms with Crippen LogP contribution in [-0.2, 0) is 6.18 Å². The van der Waals surface area contributed by atoms with Crippen LogP contribution in [0, 0.1) is 5.92 Å². The number of rotatable bonds is 2. The van der Waals surface area contributed by atoms with E-state index in [1.807, 2.05) is 6.92 Å². The summed E-state index contributed by atoms with van der Waals surface area (Å²) in [6, 6.07) is 1.61. The highest BCUT2D eigenvalue weighted by Crippen LogP contribution is 2.42. The zero-order valence-corrected chi connectivity index (χ0v) is 10.3. The number of halogens is 3. The number of alkyl halides is 3. The van der Waals surface area contributed by atoms with Gasteiger partial charge in [0, 0.05) is 17.7 Å². The van der Waals surface area contributed by atoms with Crippen LogP contribution in [-0.4, -0.2) is 14.6 Å². The number of hydrogen-bond acceptors (Lipinski definition) is 3. The van der Waals surface area contributed by atoms with E-state index in [4.69, 9.17) is 5.73 Å². The minimum atomic E-state index is -4.47. The molecule has 1 unspecified atom stereocenters. The van der Waals surface area contributed by atoms with Crippen molar-refractivity contribution in [1.82, 2.24) is 14.6 Å². The number of nitrogens with two attached hydrogens (primary N) is 1. The van der Waals surface area contributed by atoms with Crippen molar-refractivity contribution in [3.8, 4) is 0 Å². The Morgan fingerprint density at radius 1 is 1.42 bits per heavy atom. The molecule has 2 N–H and O–H groups in total. The van der Waals surface area contributed by atoms with Gasteiger partial charge in [0.25, 0.3) is 0 Å². The molecule has 0 aromatic carbocycles. The number of aromatic nitrogens is 3. The van der Waals surface area contributed by atoms with Gasteiger partial charge in [0.05, 0.1) is 6.20 Å². The molecule has 0 amide bonds. The maximum Gasteiger partial charge on any atom is 0.421 e. The molecule has 0 spiro atoms. The van der Waals surface area contributed by atoms with Gasteiger partial charge < -0.3 is 5.73 Å². The summed E-state index contributed by atoms with van der Waals surface area (Å²) in [7, 11) is 0. The summed E-state index contributed by atoms with van der Waals surface area (Å²) >= 11 is 0. The molecular weight excluding hydrogens is 257 g/mol. The minimum Gasteiger partial charge on any atom is -0.384 e. The van der Waals surface area contributed by atoms with E-state index in [1.54, 1.807) is 6.07 Å². The molecule has 7 heteroatoms. The molecule has 0 aliphatic heterocycles. The summed E-state index contributed by atoms with van der Waals surface area (Å²) in [5, 5.41) is 3.65. The van der Waals surface area contributed by atoms with Gasteiger partial charge in [-0.05, 0) is 18.8 Å². The fraction of sp³-hybridized carbons (Fsp3) is 0.500. The highest BCUT2D eigenvalue weighted by Gasteiger charge is 2.36. The highest BCUT2D eigenvalue weighted by atomic mass is 19.4. The van der Waals surface area contributed by atoms with Crippen molar-refractivity contribution in [3.05, 3.63) is 23.5 Å². The lowest BCUT2D eigenvalue weighted by atomic mass is 10.0. The van der Waals surface area contributed by atoms with E-state index in [1.165, 1.54) is 0 Å². The fourth-order valence-electron chi connectivity index (χ4n) is 2.28. The van der Waals surface area contributed by atoms with Crippen LogP contribution in [0.1, 0.15) is 36.9 Å². The first-order valence-corrected chi connectivity index (χ1v) is 6.09. The Bertz CT molecular complexity index is 628. The van der Waals surface area contributed by atoms with Crippen molar-refractivity contribution < 1.29 is 13.2 Å². The molecule has 1 fully saturated rings. The number of anilines is 1. The molecule has 2 aromatic rings. The summed E-state index contributed by atoms with van der Waals surface area (Å²) in [6.45, 7) is 1.97. The van der Waals surface area contributed by atoms with Crippen molar-refractivity contribution in [1.29, 1.82) is 0 Å². The second-order valence-corrected chi connectivity index (χ2v) is 5.02. The van der Waals surface area contributed by atoms with Gasteiger partial charge >= 0.3 is 6.18 Å². The minimum absolute atomic E-state index is 0.128. The Hall–Kier alpha value is -1.79. The monoisotopic (exact) mass is 270 g/mol. The van der Waals surface area contributed by atoms with Crippen LogP contribution in [0.15, 0.2) is 12.3 Å². The van der Waals surface area contributed by atoms with E-state index in [0.717, 1.165) is 23.6 Å². The lowest BCUT2D eigenvalue weighted by molar-refractivity contribution is -0.136. The molecule has 1 saturated carbocycles. The molecule has 2 heterocycles. The number of fused-ring (bicyclic) bond motifs is 1. The van der Waals surface area contributed by atoms with Crippen molar-refractivity contribution in [3.63, 3.8) is 0 Å². The third kappa shape index (κ3) is 2.02. The van der Waals surface area contributed by atoms with Crippen LogP contribution in [0.3, 0.4) is 0 Å². The van der Waals surface area contributed by atoms with Gasteiger partial charge in [-0.3, -0.25) is 0 Å². The van der Waals surface area contributed by atoms with Gasteiger partial charge in [-0.25, -0.2) is 4.98 Å². The quantitative estimate of drug-likeness (QED) is 0.912. The predicted octanol–water partition coefficient (Wildman–Crippen LogP) is 2.84. The predicted molar refractivity (Wildman–Crippen MR) is 63.5 cm³/mol. The largest absolute Gasteiger partial charge is 0.421 e. The molecule has 19 heavy (non-hydrogen) atoms. The average Bonchev–Trinajstić information content (AvgIpc) is 3.06. The van der Waals surface area contributed by atoms with Gasteiger partial charge in [0.15, 0.2) is 5.65 Å². The lowest BCUT2D eigenvalue weighted by Crippen LogP contribution is -2.10. The Labute approximate surface area is 107 Å². The SMILES string of the molecule is CC(c1cc(N)n2ncc(C(F)(F)F)c2n1)C1CC1. The molecule has 0 radical (unpaired) electrons. The van der Waals surface area contributed by atoms with Gasteiger partial charge in [-0.1, -0.05) is 6.92 Å². The first-order chi connectivity index (χ1) is 8.88. The molecule has 1 atom stereocenters. The van der Waals surface area contributed by atoms with E-state index in [-0.39, 0.29) is 17.4 Å². The maximum atomic E-state index is 12.9.